The van der Waals surface area contributed by atoms with Crippen molar-refractivity contribution in [1.29, 1.82) is 0 Å². The quantitative estimate of drug-likeness (QED) is 0.626. The van der Waals surface area contributed by atoms with Crippen molar-refractivity contribution in [2.75, 3.05) is 49.1 Å². The van der Waals surface area contributed by atoms with Gasteiger partial charge in [-0.2, -0.15) is 4.98 Å². The van der Waals surface area contributed by atoms with E-state index in [0.717, 1.165) is 56.6 Å². The molecule has 2 saturated heterocycles. The largest absolute Gasteiger partial charge is 0.369 e. The van der Waals surface area contributed by atoms with Crippen LogP contribution in [0.4, 0.5) is 11.5 Å². The van der Waals surface area contributed by atoms with Crippen molar-refractivity contribution in [1.82, 2.24) is 20.0 Å². The topological polar surface area (TPSA) is 61.5 Å². The fraction of sp³-hybridized carbons (Fsp3) is 0.458. The molecule has 2 aliphatic rings. The van der Waals surface area contributed by atoms with E-state index in [2.05, 4.69) is 73.1 Å². The van der Waals surface area contributed by atoms with Crippen LogP contribution in [0.1, 0.15) is 25.7 Å². The van der Waals surface area contributed by atoms with Crippen LogP contribution in [0.25, 0.3) is 11.4 Å². The molecule has 0 bridgehead atoms. The van der Waals surface area contributed by atoms with Gasteiger partial charge in [0.15, 0.2) is 0 Å². The van der Waals surface area contributed by atoms with Gasteiger partial charge in [0, 0.05) is 56.7 Å². The lowest BCUT2D eigenvalue weighted by Gasteiger charge is -2.35. The molecule has 0 radical (unpaired) electrons. The van der Waals surface area contributed by atoms with Gasteiger partial charge in [0.2, 0.25) is 11.7 Å². The molecule has 0 atom stereocenters. The lowest BCUT2D eigenvalue weighted by atomic mass is 9.99. The third kappa shape index (κ3) is 4.71. The Balaban J connectivity index is 1.16. The zero-order valence-corrected chi connectivity index (χ0v) is 18.2. The molecule has 4 heterocycles. The van der Waals surface area contributed by atoms with Gasteiger partial charge in [-0.25, -0.2) is 4.98 Å². The zero-order valence-electron chi connectivity index (χ0n) is 18.2. The van der Waals surface area contributed by atoms with Gasteiger partial charge < -0.3 is 14.3 Å². The zero-order chi connectivity index (χ0) is 21.0. The maximum Gasteiger partial charge on any atom is 0.241 e. The number of anilines is 2. The highest BCUT2D eigenvalue weighted by atomic mass is 16.5. The molecule has 0 unspecified atom stereocenters. The number of aromatic nitrogens is 3. The van der Waals surface area contributed by atoms with E-state index in [1.165, 1.54) is 18.5 Å². The minimum atomic E-state index is 0.615. The van der Waals surface area contributed by atoms with Crippen LogP contribution in [0.5, 0.6) is 0 Å². The van der Waals surface area contributed by atoms with E-state index in [-0.39, 0.29) is 0 Å². The summed E-state index contributed by atoms with van der Waals surface area (Å²) in [6, 6.07) is 14.7. The van der Waals surface area contributed by atoms with Crippen molar-refractivity contribution < 1.29 is 4.52 Å². The summed E-state index contributed by atoms with van der Waals surface area (Å²) in [4.78, 5) is 16.4. The minimum Gasteiger partial charge on any atom is -0.369 e. The van der Waals surface area contributed by atoms with Gasteiger partial charge >= 0.3 is 0 Å². The summed E-state index contributed by atoms with van der Waals surface area (Å²) >= 11 is 0. The maximum atomic E-state index is 5.54. The van der Waals surface area contributed by atoms with Gasteiger partial charge in [-0.3, -0.25) is 4.90 Å². The first-order valence-electron chi connectivity index (χ1n) is 11.3. The van der Waals surface area contributed by atoms with E-state index in [4.69, 9.17) is 4.52 Å². The molecule has 1 aromatic carbocycles. The third-order valence-electron chi connectivity index (χ3n) is 6.43. The molecule has 0 spiro atoms. The molecule has 7 heteroatoms. The predicted molar refractivity (Wildman–Crippen MR) is 122 cm³/mol. The van der Waals surface area contributed by atoms with E-state index in [1.807, 2.05) is 12.3 Å². The van der Waals surface area contributed by atoms with Gasteiger partial charge in [0.05, 0.1) is 6.54 Å². The van der Waals surface area contributed by atoms with Crippen LogP contribution >= 0.6 is 0 Å². The van der Waals surface area contributed by atoms with E-state index < -0.39 is 0 Å². The second-order valence-corrected chi connectivity index (χ2v) is 8.69. The summed E-state index contributed by atoms with van der Waals surface area (Å²) in [5.41, 5.74) is 2.19. The highest BCUT2D eigenvalue weighted by Crippen LogP contribution is 2.24. The Morgan fingerprint density at radius 1 is 0.903 bits per heavy atom. The van der Waals surface area contributed by atoms with Crippen LogP contribution in [0.2, 0.25) is 0 Å². The monoisotopic (exact) mass is 418 g/mol. The number of nitrogens with zero attached hydrogens (tertiary/aromatic N) is 6. The third-order valence-corrected chi connectivity index (χ3v) is 6.43. The first-order valence-corrected chi connectivity index (χ1v) is 11.3. The van der Waals surface area contributed by atoms with E-state index in [0.29, 0.717) is 18.3 Å². The normalized spacial score (nSPS) is 18.5. The summed E-state index contributed by atoms with van der Waals surface area (Å²) < 4.78 is 5.54. The smallest absolute Gasteiger partial charge is 0.241 e. The molecule has 0 aliphatic carbocycles. The maximum absolute atomic E-state index is 5.54. The fourth-order valence-electron chi connectivity index (χ4n) is 4.37. The highest BCUT2D eigenvalue weighted by Gasteiger charge is 2.20. The number of hydrogen-bond donors (Lipinski definition) is 0. The van der Waals surface area contributed by atoms with E-state index >= 15 is 0 Å². The lowest BCUT2D eigenvalue weighted by Crippen LogP contribution is -2.46. The lowest BCUT2D eigenvalue weighted by molar-refractivity contribution is 0.215. The molecule has 0 amide bonds. The molecule has 31 heavy (non-hydrogen) atoms. The Hall–Kier alpha value is -2.93. The summed E-state index contributed by atoms with van der Waals surface area (Å²) in [5.74, 6) is 3.13. The molecule has 0 N–H and O–H groups in total. The summed E-state index contributed by atoms with van der Waals surface area (Å²) in [6.07, 6.45) is 4.33. The van der Waals surface area contributed by atoms with E-state index in [1.54, 1.807) is 0 Å². The van der Waals surface area contributed by atoms with Crippen molar-refractivity contribution in [3.05, 3.63) is 54.6 Å². The number of benzene rings is 1. The number of piperazine rings is 1. The van der Waals surface area contributed by atoms with Crippen LogP contribution < -0.4 is 9.80 Å². The highest BCUT2D eigenvalue weighted by molar-refractivity contribution is 5.56. The Labute approximate surface area is 183 Å². The second kappa shape index (κ2) is 9.06. The van der Waals surface area contributed by atoms with Crippen molar-refractivity contribution >= 4 is 11.5 Å². The Morgan fingerprint density at radius 3 is 2.39 bits per heavy atom. The van der Waals surface area contributed by atoms with Crippen molar-refractivity contribution in [3.63, 3.8) is 0 Å². The standard InChI is InChI=1S/C24H30N6O/c1-19-9-11-30(12-10-19)22-8-7-20(17-25-22)24-26-23(31-27-24)18-28-13-15-29(16-14-28)21-5-3-2-4-6-21/h2-8,17,19H,9-16,18H2,1H3. The molecule has 0 saturated carbocycles. The number of pyridine rings is 1. The fourth-order valence-corrected chi connectivity index (χ4v) is 4.37. The minimum absolute atomic E-state index is 0.615. The Bertz CT molecular complexity index is 957. The van der Waals surface area contributed by atoms with Crippen molar-refractivity contribution in [2.45, 2.75) is 26.3 Å². The SMILES string of the molecule is CC1CCN(c2ccc(-c3noc(CN4CCN(c5ccccc5)CC4)n3)cn2)CC1. The first-order chi connectivity index (χ1) is 15.2. The number of hydrogen-bond acceptors (Lipinski definition) is 7. The number of para-hydroxylation sites is 1. The Kier molecular flexibility index (Phi) is 5.84. The molecular weight excluding hydrogens is 388 g/mol. The molecule has 5 rings (SSSR count). The van der Waals surface area contributed by atoms with Gasteiger partial charge in [-0.05, 0) is 43.0 Å². The number of piperidine rings is 1. The van der Waals surface area contributed by atoms with Gasteiger partial charge in [-0.1, -0.05) is 30.3 Å². The van der Waals surface area contributed by atoms with Crippen LogP contribution in [0.3, 0.4) is 0 Å². The molecule has 3 aromatic rings. The molecule has 7 nitrogen and oxygen atoms in total. The second-order valence-electron chi connectivity index (χ2n) is 8.69. The van der Waals surface area contributed by atoms with Crippen molar-refractivity contribution in [3.8, 4) is 11.4 Å². The van der Waals surface area contributed by atoms with Gasteiger partial charge in [0.1, 0.15) is 5.82 Å². The van der Waals surface area contributed by atoms with Crippen LogP contribution in [0, 0.1) is 5.92 Å². The van der Waals surface area contributed by atoms with E-state index in [9.17, 15) is 0 Å². The predicted octanol–water partition coefficient (Wildman–Crippen LogP) is 3.69. The van der Waals surface area contributed by atoms with Crippen LogP contribution in [0.15, 0.2) is 53.2 Å². The molecular formula is C24H30N6O. The molecule has 2 aliphatic heterocycles. The number of rotatable bonds is 5. The summed E-state index contributed by atoms with van der Waals surface area (Å²) in [7, 11) is 0. The molecule has 162 valence electrons. The summed E-state index contributed by atoms with van der Waals surface area (Å²) in [6.45, 7) is 9.15. The van der Waals surface area contributed by atoms with Crippen LogP contribution in [-0.2, 0) is 6.54 Å². The average Bonchev–Trinajstić information content (AvgIpc) is 3.29. The molecule has 2 aromatic heterocycles. The van der Waals surface area contributed by atoms with Crippen LogP contribution in [-0.4, -0.2) is 59.3 Å². The summed E-state index contributed by atoms with van der Waals surface area (Å²) in [5, 5.41) is 4.19. The Morgan fingerprint density at radius 2 is 1.68 bits per heavy atom. The van der Waals surface area contributed by atoms with Gasteiger partial charge in [0.25, 0.3) is 0 Å². The first kappa shape index (κ1) is 20.0. The average molecular weight is 419 g/mol. The molecule has 2 fully saturated rings. The van der Waals surface area contributed by atoms with Gasteiger partial charge in [-0.15, -0.1) is 0 Å². The van der Waals surface area contributed by atoms with Crippen molar-refractivity contribution in [2.24, 2.45) is 5.92 Å².